The molecule has 5 aromatic rings. The van der Waals surface area contributed by atoms with Crippen LogP contribution in [0.15, 0.2) is 91.3 Å². The topological polar surface area (TPSA) is 74.0 Å². The molecule has 5 rings (SSSR count). The van der Waals surface area contributed by atoms with E-state index in [1.807, 2.05) is 60.3 Å². The molecule has 7 nitrogen and oxygen atoms in total. The smallest absolute Gasteiger partial charge is 0.277 e. The Morgan fingerprint density at radius 1 is 0.879 bits per heavy atom. The minimum absolute atomic E-state index is 0.220. The van der Waals surface area contributed by atoms with E-state index in [2.05, 4.69) is 39.8 Å². The van der Waals surface area contributed by atoms with Crippen molar-refractivity contribution in [1.29, 1.82) is 0 Å². The van der Waals surface area contributed by atoms with Crippen molar-refractivity contribution in [2.75, 3.05) is 5.32 Å². The third-order valence-electron chi connectivity index (χ3n) is 5.41. The van der Waals surface area contributed by atoms with E-state index in [0.717, 1.165) is 11.3 Å². The van der Waals surface area contributed by atoms with E-state index in [1.54, 1.807) is 23.0 Å². The summed E-state index contributed by atoms with van der Waals surface area (Å²) in [6, 6.07) is 25.7. The lowest BCUT2D eigenvalue weighted by molar-refractivity contribution is 0.101. The fourth-order valence-electron chi connectivity index (χ4n) is 3.71. The van der Waals surface area contributed by atoms with Crippen LogP contribution in [0.25, 0.3) is 10.8 Å². The Morgan fingerprint density at radius 2 is 1.67 bits per heavy atom. The molecule has 0 radical (unpaired) electrons. The molecule has 0 saturated carbocycles. The first-order valence-corrected chi connectivity index (χ1v) is 10.7. The van der Waals surface area contributed by atoms with Crippen molar-refractivity contribution in [1.82, 2.24) is 19.6 Å². The quantitative estimate of drug-likeness (QED) is 0.394. The predicted octanol–water partition coefficient (Wildman–Crippen LogP) is 4.88. The molecule has 164 valence electrons. The van der Waals surface area contributed by atoms with Crippen LogP contribution in [-0.2, 0) is 13.3 Å². The number of hydrogen-bond acceptors (Lipinski definition) is 4. The molecule has 0 bridgehead atoms. The summed E-state index contributed by atoms with van der Waals surface area (Å²) in [5, 5.41) is 14.0. The lowest BCUT2D eigenvalue weighted by atomic mass is 10.0. The highest BCUT2D eigenvalue weighted by atomic mass is 16.5. The highest BCUT2D eigenvalue weighted by Crippen LogP contribution is 2.20. The number of benzene rings is 3. The largest absolute Gasteiger partial charge is 0.471 e. The SMILES string of the molecule is Cc1ccccc1OCn1ccc(C(=O)Nc2ccn(Cc3cccc4ccccc34)n2)n1. The zero-order chi connectivity index (χ0) is 22.6. The summed E-state index contributed by atoms with van der Waals surface area (Å²) in [4.78, 5) is 12.6. The zero-order valence-electron chi connectivity index (χ0n) is 18.2. The van der Waals surface area contributed by atoms with E-state index in [-0.39, 0.29) is 12.6 Å². The van der Waals surface area contributed by atoms with Crippen LogP contribution in [0.3, 0.4) is 0 Å². The fourth-order valence-corrected chi connectivity index (χ4v) is 3.71. The molecule has 1 amide bonds. The highest BCUT2D eigenvalue weighted by molar-refractivity contribution is 6.02. The number of nitrogens with one attached hydrogen (secondary N) is 1. The number of aryl methyl sites for hydroxylation is 1. The minimum atomic E-state index is -0.319. The molecule has 0 spiro atoms. The molecular weight excluding hydrogens is 414 g/mol. The summed E-state index contributed by atoms with van der Waals surface area (Å²) >= 11 is 0. The minimum Gasteiger partial charge on any atom is -0.471 e. The van der Waals surface area contributed by atoms with Gasteiger partial charge in [-0.2, -0.15) is 10.2 Å². The number of rotatable bonds is 7. The fraction of sp³-hybridized carbons (Fsp3) is 0.115. The monoisotopic (exact) mass is 437 g/mol. The second kappa shape index (κ2) is 9.00. The molecule has 0 aliphatic heterocycles. The van der Waals surface area contributed by atoms with Gasteiger partial charge in [0.25, 0.3) is 5.91 Å². The van der Waals surface area contributed by atoms with Crippen molar-refractivity contribution in [2.24, 2.45) is 0 Å². The van der Waals surface area contributed by atoms with Gasteiger partial charge >= 0.3 is 0 Å². The Bertz CT molecular complexity index is 1410. The van der Waals surface area contributed by atoms with Gasteiger partial charge in [-0.05, 0) is 41.0 Å². The van der Waals surface area contributed by atoms with Crippen LogP contribution >= 0.6 is 0 Å². The summed E-state index contributed by atoms with van der Waals surface area (Å²) in [5.74, 6) is 0.946. The van der Waals surface area contributed by atoms with Gasteiger partial charge in [0.05, 0.1) is 6.54 Å². The third kappa shape index (κ3) is 4.62. The van der Waals surface area contributed by atoms with Crippen LogP contribution in [-0.4, -0.2) is 25.5 Å². The average molecular weight is 438 g/mol. The molecule has 0 aliphatic rings. The van der Waals surface area contributed by atoms with Gasteiger partial charge in [-0.15, -0.1) is 0 Å². The maximum Gasteiger partial charge on any atom is 0.277 e. The van der Waals surface area contributed by atoms with E-state index in [1.165, 1.54) is 16.3 Å². The Hall–Kier alpha value is -4.39. The zero-order valence-corrected chi connectivity index (χ0v) is 18.2. The second-order valence-electron chi connectivity index (χ2n) is 7.77. The first kappa shape index (κ1) is 20.5. The number of ether oxygens (including phenoxy) is 1. The van der Waals surface area contributed by atoms with Gasteiger partial charge in [-0.1, -0.05) is 60.7 Å². The molecule has 1 N–H and O–H groups in total. The number of anilines is 1. The standard InChI is InChI=1S/C26H23N5O2/c1-19-7-2-5-12-24(19)33-18-31-15-13-23(28-31)26(32)27-25-14-16-30(29-25)17-21-10-6-9-20-8-3-4-11-22(20)21/h2-16H,17-18H2,1H3,(H,27,29,32). The molecule has 7 heteroatoms. The van der Waals surface area contributed by atoms with Crippen molar-refractivity contribution in [3.05, 3.63) is 108 Å². The van der Waals surface area contributed by atoms with Gasteiger partial charge in [0.15, 0.2) is 18.2 Å². The summed E-state index contributed by atoms with van der Waals surface area (Å²) in [6.45, 7) is 2.82. The molecule has 0 aliphatic carbocycles. The summed E-state index contributed by atoms with van der Waals surface area (Å²) in [6.07, 6.45) is 3.57. The molecule has 3 aromatic carbocycles. The number of carbonyl (C=O) groups is 1. The average Bonchev–Trinajstić information content (AvgIpc) is 3.48. The molecular formula is C26H23N5O2. The Morgan fingerprint density at radius 3 is 2.58 bits per heavy atom. The summed E-state index contributed by atoms with van der Waals surface area (Å²) in [7, 11) is 0. The molecule has 0 unspecified atom stereocenters. The lowest BCUT2D eigenvalue weighted by Gasteiger charge is -2.08. The summed E-state index contributed by atoms with van der Waals surface area (Å²) in [5.41, 5.74) is 2.51. The van der Waals surface area contributed by atoms with E-state index in [9.17, 15) is 4.79 Å². The number of fused-ring (bicyclic) bond motifs is 1. The maximum atomic E-state index is 12.6. The van der Waals surface area contributed by atoms with Crippen LogP contribution in [0.5, 0.6) is 5.75 Å². The van der Waals surface area contributed by atoms with Gasteiger partial charge in [-0.3, -0.25) is 9.48 Å². The first-order chi connectivity index (χ1) is 16.2. The van der Waals surface area contributed by atoms with Crippen LogP contribution in [0.4, 0.5) is 5.82 Å². The Labute approximate surface area is 191 Å². The molecule has 2 heterocycles. The van der Waals surface area contributed by atoms with Crippen LogP contribution in [0, 0.1) is 6.92 Å². The van der Waals surface area contributed by atoms with Gasteiger partial charge < -0.3 is 10.1 Å². The van der Waals surface area contributed by atoms with E-state index in [4.69, 9.17) is 4.74 Å². The number of carbonyl (C=O) groups excluding carboxylic acids is 1. The third-order valence-corrected chi connectivity index (χ3v) is 5.41. The number of aromatic nitrogens is 4. The number of nitrogens with zero attached hydrogens (tertiary/aromatic N) is 4. The number of para-hydroxylation sites is 1. The molecule has 0 atom stereocenters. The normalized spacial score (nSPS) is 10.9. The lowest BCUT2D eigenvalue weighted by Crippen LogP contribution is -2.15. The Kier molecular flexibility index (Phi) is 5.59. The number of hydrogen-bond donors (Lipinski definition) is 1. The molecule has 2 aromatic heterocycles. The first-order valence-electron chi connectivity index (χ1n) is 10.7. The van der Waals surface area contributed by atoms with Gasteiger partial charge in [0.2, 0.25) is 0 Å². The predicted molar refractivity (Wildman–Crippen MR) is 127 cm³/mol. The highest BCUT2D eigenvalue weighted by Gasteiger charge is 2.12. The summed E-state index contributed by atoms with van der Waals surface area (Å²) < 4.78 is 9.17. The van der Waals surface area contributed by atoms with E-state index < -0.39 is 0 Å². The van der Waals surface area contributed by atoms with Crippen molar-refractivity contribution in [2.45, 2.75) is 20.2 Å². The van der Waals surface area contributed by atoms with Crippen LogP contribution in [0.1, 0.15) is 21.6 Å². The van der Waals surface area contributed by atoms with E-state index >= 15 is 0 Å². The van der Waals surface area contributed by atoms with Gasteiger partial charge in [0, 0.05) is 18.5 Å². The molecule has 0 fully saturated rings. The maximum absolute atomic E-state index is 12.6. The van der Waals surface area contributed by atoms with Gasteiger partial charge in [-0.25, -0.2) is 4.68 Å². The van der Waals surface area contributed by atoms with Crippen molar-refractivity contribution in [3.8, 4) is 5.75 Å². The molecule has 0 saturated heterocycles. The second-order valence-corrected chi connectivity index (χ2v) is 7.77. The Balaban J connectivity index is 1.22. The number of amides is 1. The van der Waals surface area contributed by atoms with Crippen molar-refractivity contribution >= 4 is 22.5 Å². The van der Waals surface area contributed by atoms with E-state index in [0.29, 0.717) is 18.1 Å². The van der Waals surface area contributed by atoms with Crippen LogP contribution < -0.4 is 10.1 Å². The molecule has 33 heavy (non-hydrogen) atoms. The van der Waals surface area contributed by atoms with Crippen molar-refractivity contribution < 1.29 is 9.53 Å². The van der Waals surface area contributed by atoms with Crippen molar-refractivity contribution in [3.63, 3.8) is 0 Å². The van der Waals surface area contributed by atoms with Crippen LogP contribution in [0.2, 0.25) is 0 Å². The van der Waals surface area contributed by atoms with Gasteiger partial charge in [0.1, 0.15) is 5.75 Å².